The normalized spacial score (nSPS) is 17.0. The molecule has 2 rings (SSSR count). The molecular formula is C12H15IN2O2S. The van der Waals surface area contributed by atoms with Crippen LogP contribution < -0.4 is 5.32 Å². The molecule has 0 heterocycles. The van der Waals surface area contributed by atoms with Gasteiger partial charge in [0, 0.05) is 32.7 Å². The Labute approximate surface area is 124 Å². The molecular weight excluding hydrogens is 363 g/mol. The number of hydrogen-bond donors (Lipinski definition) is 1. The van der Waals surface area contributed by atoms with Crippen molar-refractivity contribution in [2.45, 2.75) is 24.0 Å². The Morgan fingerprint density at radius 2 is 2.28 bits per heavy atom. The van der Waals surface area contributed by atoms with Gasteiger partial charge in [0.1, 0.15) is 0 Å². The molecule has 98 valence electrons. The molecule has 0 radical (unpaired) electrons. The Kier molecular flexibility index (Phi) is 4.37. The first kappa shape index (κ1) is 13.9. The quantitative estimate of drug-likeness (QED) is 0.480. The summed E-state index contributed by atoms with van der Waals surface area (Å²) in [4.78, 5) is 10.3. The summed E-state index contributed by atoms with van der Waals surface area (Å²) < 4.78 is 1.27. The molecule has 0 amide bonds. The number of nitro groups is 1. The zero-order chi connectivity index (χ0) is 13.2. The molecule has 4 nitrogen and oxygen atoms in total. The molecule has 1 aliphatic carbocycles. The number of non-ortho nitro benzene ring substituents is 1. The fourth-order valence-corrected chi connectivity index (χ4v) is 3.64. The number of hydrogen-bond acceptors (Lipinski definition) is 4. The number of nitrogens with one attached hydrogen (secondary N) is 1. The van der Waals surface area contributed by atoms with E-state index in [0.29, 0.717) is 4.75 Å². The van der Waals surface area contributed by atoms with Gasteiger partial charge in [-0.15, -0.1) is 0 Å². The van der Waals surface area contributed by atoms with E-state index in [1.54, 1.807) is 18.2 Å². The third-order valence-electron chi connectivity index (χ3n) is 3.46. The Morgan fingerprint density at radius 1 is 1.56 bits per heavy atom. The number of benzene rings is 1. The lowest BCUT2D eigenvalue weighted by molar-refractivity contribution is -0.384. The third kappa shape index (κ3) is 2.90. The van der Waals surface area contributed by atoms with Crippen LogP contribution in [0.25, 0.3) is 0 Å². The summed E-state index contributed by atoms with van der Waals surface area (Å²) in [6.45, 7) is 0.933. The summed E-state index contributed by atoms with van der Waals surface area (Å²) in [5.74, 6) is 0. The smallest absolute Gasteiger partial charge is 0.270 e. The van der Waals surface area contributed by atoms with Crippen LogP contribution in [0.4, 0.5) is 11.4 Å². The van der Waals surface area contributed by atoms with Gasteiger partial charge in [-0.05, 0) is 47.8 Å². The summed E-state index contributed by atoms with van der Waals surface area (Å²) in [5, 5.41) is 14.1. The van der Waals surface area contributed by atoms with Crippen LogP contribution in [0.3, 0.4) is 0 Å². The van der Waals surface area contributed by atoms with Crippen LogP contribution in [0.5, 0.6) is 0 Å². The predicted molar refractivity (Wildman–Crippen MR) is 84.4 cm³/mol. The van der Waals surface area contributed by atoms with Crippen LogP contribution >= 0.6 is 34.4 Å². The number of nitrogens with zero attached hydrogens (tertiary/aromatic N) is 1. The lowest BCUT2D eigenvalue weighted by Crippen LogP contribution is -2.40. The van der Waals surface area contributed by atoms with Crippen LogP contribution in [0, 0.1) is 13.7 Å². The summed E-state index contributed by atoms with van der Waals surface area (Å²) in [5.41, 5.74) is 1.13. The number of rotatable bonds is 5. The zero-order valence-electron chi connectivity index (χ0n) is 10.1. The van der Waals surface area contributed by atoms with Gasteiger partial charge in [0.15, 0.2) is 0 Å². The van der Waals surface area contributed by atoms with Gasteiger partial charge in [-0.25, -0.2) is 0 Å². The predicted octanol–water partition coefficient (Wildman–Crippen LogP) is 3.90. The first-order valence-corrected chi connectivity index (χ1v) is 8.10. The second-order valence-corrected chi connectivity index (χ2v) is 6.95. The van der Waals surface area contributed by atoms with Crippen LogP contribution in [-0.2, 0) is 0 Å². The van der Waals surface area contributed by atoms with Gasteiger partial charge in [0.25, 0.3) is 5.69 Å². The van der Waals surface area contributed by atoms with E-state index < -0.39 is 0 Å². The zero-order valence-corrected chi connectivity index (χ0v) is 13.1. The highest BCUT2D eigenvalue weighted by Crippen LogP contribution is 2.43. The number of halogens is 1. The van der Waals surface area contributed by atoms with Crippen LogP contribution in [-0.4, -0.2) is 22.5 Å². The highest BCUT2D eigenvalue weighted by molar-refractivity contribution is 14.1. The van der Waals surface area contributed by atoms with Crippen molar-refractivity contribution < 1.29 is 4.92 Å². The monoisotopic (exact) mass is 378 g/mol. The maximum Gasteiger partial charge on any atom is 0.270 e. The summed E-state index contributed by atoms with van der Waals surface area (Å²) in [7, 11) is 0. The Bertz CT molecular complexity index is 458. The molecule has 1 fully saturated rings. The average Bonchev–Trinajstić information content (AvgIpc) is 2.29. The lowest BCUT2D eigenvalue weighted by Gasteiger charge is -2.40. The van der Waals surface area contributed by atoms with Crippen LogP contribution in [0.2, 0.25) is 0 Å². The van der Waals surface area contributed by atoms with Crippen LogP contribution in [0.15, 0.2) is 18.2 Å². The minimum Gasteiger partial charge on any atom is -0.383 e. The van der Waals surface area contributed by atoms with E-state index in [4.69, 9.17) is 0 Å². The van der Waals surface area contributed by atoms with Gasteiger partial charge >= 0.3 is 0 Å². The number of thioether (sulfide) groups is 1. The minimum absolute atomic E-state index is 0.146. The average molecular weight is 378 g/mol. The first-order chi connectivity index (χ1) is 8.56. The molecule has 1 aromatic carbocycles. The van der Waals surface area contributed by atoms with Crippen molar-refractivity contribution in [3.05, 3.63) is 31.9 Å². The summed E-state index contributed by atoms with van der Waals surface area (Å²) in [6, 6.07) is 4.96. The fourth-order valence-electron chi connectivity index (χ4n) is 2.04. The van der Waals surface area contributed by atoms with E-state index in [1.807, 2.05) is 11.8 Å². The molecule has 0 unspecified atom stereocenters. The molecule has 1 aliphatic rings. The molecule has 0 aromatic heterocycles. The first-order valence-electron chi connectivity index (χ1n) is 5.79. The standard InChI is InChI=1S/C12H15IN2O2S/c1-18-12(5-2-6-12)8-14-11-4-3-9(15(16)17)7-10(11)13/h3-4,7,14H,2,5-6,8H2,1H3. The highest BCUT2D eigenvalue weighted by Gasteiger charge is 2.35. The van der Waals surface area contributed by atoms with E-state index >= 15 is 0 Å². The SMILES string of the molecule is CSC1(CNc2ccc([N+](=O)[O-])cc2I)CCC1. The summed E-state index contributed by atoms with van der Waals surface area (Å²) >= 11 is 4.06. The van der Waals surface area contributed by atoms with Crippen molar-refractivity contribution in [1.29, 1.82) is 0 Å². The van der Waals surface area contributed by atoms with Crippen molar-refractivity contribution in [3.63, 3.8) is 0 Å². The number of nitro benzene ring substituents is 1. The topological polar surface area (TPSA) is 55.2 Å². The molecule has 0 aliphatic heterocycles. The van der Waals surface area contributed by atoms with Crippen LogP contribution in [0.1, 0.15) is 19.3 Å². The molecule has 1 N–H and O–H groups in total. The number of anilines is 1. The Morgan fingerprint density at radius 3 is 2.72 bits per heavy atom. The van der Waals surface area contributed by atoms with Gasteiger partial charge in [-0.1, -0.05) is 6.42 Å². The van der Waals surface area contributed by atoms with E-state index in [0.717, 1.165) is 15.8 Å². The maximum atomic E-state index is 10.7. The summed E-state index contributed by atoms with van der Waals surface area (Å²) in [6.07, 6.45) is 5.97. The molecule has 1 saturated carbocycles. The molecule has 1 aromatic rings. The van der Waals surface area contributed by atoms with Crippen molar-refractivity contribution in [2.75, 3.05) is 18.1 Å². The maximum absolute atomic E-state index is 10.7. The minimum atomic E-state index is -0.360. The van der Waals surface area contributed by atoms with E-state index in [2.05, 4.69) is 34.2 Å². The van der Waals surface area contributed by atoms with Gasteiger partial charge < -0.3 is 5.32 Å². The second kappa shape index (κ2) is 5.64. The van der Waals surface area contributed by atoms with Gasteiger partial charge in [0.05, 0.1) is 4.92 Å². The lowest BCUT2D eigenvalue weighted by atomic mass is 9.84. The fraction of sp³-hybridized carbons (Fsp3) is 0.500. The van der Waals surface area contributed by atoms with Crippen molar-refractivity contribution >= 4 is 45.7 Å². The Hall–Kier alpha value is -0.500. The van der Waals surface area contributed by atoms with Crippen molar-refractivity contribution in [2.24, 2.45) is 0 Å². The van der Waals surface area contributed by atoms with E-state index in [9.17, 15) is 10.1 Å². The second-order valence-electron chi connectivity index (χ2n) is 4.52. The molecule has 0 bridgehead atoms. The Balaban J connectivity index is 2.03. The largest absolute Gasteiger partial charge is 0.383 e. The van der Waals surface area contributed by atoms with Gasteiger partial charge in [-0.3, -0.25) is 10.1 Å². The highest BCUT2D eigenvalue weighted by atomic mass is 127. The van der Waals surface area contributed by atoms with Gasteiger partial charge in [-0.2, -0.15) is 11.8 Å². The van der Waals surface area contributed by atoms with Crippen molar-refractivity contribution in [3.8, 4) is 0 Å². The molecule has 18 heavy (non-hydrogen) atoms. The van der Waals surface area contributed by atoms with Gasteiger partial charge in [0.2, 0.25) is 0 Å². The van der Waals surface area contributed by atoms with E-state index in [1.165, 1.54) is 19.3 Å². The third-order valence-corrected chi connectivity index (χ3v) is 5.77. The van der Waals surface area contributed by atoms with E-state index in [-0.39, 0.29) is 10.6 Å². The molecule has 0 spiro atoms. The molecule has 0 atom stereocenters. The molecule has 0 saturated heterocycles. The van der Waals surface area contributed by atoms with Crippen molar-refractivity contribution in [1.82, 2.24) is 0 Å². The molecule has 6 heteroatoms.